The Balaban J connectivity index is 0.00000272. The lowest BCUT2D eigenvalue weighted by molar-refractivity contribution is -0.140. The van der Waals surface area contributed by atoms with Gasteiger partial charge in [-0.05, 0) is 35.8 Å². The molecule has 2 bridgehead atoms. The van der Waals surface area contributed by atoms with Gasteiger partial charge in [-0.15, -0.1) is 24.0 Å². The number of aliphatic imine (C=N–C) groups is 1. The molecular weight excluding hydrogens is 505 g/mol. The second kappa shape index (κ2) is 10.1. The van der Waals surface area contributed by atoms with Gasteiger partial charge in [0.25, 0.3) is 0 Å². The number of amides is 2. The fourth-order valence-corrected chi connectivity index (χ4v) is 5.23. The van der Waals surface area contributed by atoms with Crippen LogP contribution in [-0.4, -0.2) is 54.3 Å². The first-order valence-electron chi connectivity index (χ1n) is 10.9. The molecule has 1 saturated heterocycles. The molecule has 5 unspecified atom stereocenters. The van der Waals surface area contributed by atoms with E-state index in [0.717, 1.165) is 13.0 Å². The van der Waals surface area contributed by atoms with Crippen molar-refractivity contribution >= 4 is 41.8 Å². The van der Waals surface area contributed by atoms with Gasteiger partial charge in [0.05, 0.1) is 11.8 Å². The van der Waals surface area contributed by atoms with Crippen molar-refractivity contribution in [2.45, 2.75) is 26.2 Å². The number of guanidine groups is 1. The maximum absolute atomic E-state index is 12.8. The number of allylic oxidation sites excluding steroid dienone is 2. The molecule has 8 heteroatoms. The van der Waals surface area contributed by atoms with Crippen LogP contribution < -0.4 is 10.6 Å². The Morgan fingerprint density at radius 2 is 1.87 bits per heavy atom. The highest BCUT2D eigenvalue weighted by Gasteiger charge is 2.58. The van der Waals surface area contributed by atoms with Crippen LogP contribution in [0.5, 0.6) is 0 Å². The predicted molar refractivity (Wildman–Crippen MR) is 131 cm³/mol. The van der Waals surface area contributed by atoms with Gasteiger partial charge < -0.3 is 10.6 Å². The maximum Gasteiger partial charge on any atom is 0.233 e. The molecule has 2 heterocycles. The molecule has 2 amide bonds. The first kappa shape index (κ1) is 23.7. The van der Waals surface area contributed by atoms with E-state index in [4.69, 9.17) is 0 Å². The molecule has 2 N–H and O–H groups in total. The van der Waals surface area contributed by atoms with Crippen molar-refractivity contribution in [3.05, 3.63) is 42.2 Å². The summed E-state index contributed by atoms with van der Waals surface area (Å²) < 4.78 is 0. The number of nitrogens with zero attached hydrogens (tertiary/aromatic N) is 3. The van der Waals surface area contributed by atoms with E-state index in [1.807, 2.05) is 12.3 Å². The zero-order chi connectivity index (χ0) is 21.3. The van der Waals surface area contributed by atoms with Crippen molar-refractivity contribution in [2.24, 2.45) is 34.6 Å². The average molecular weight is 537 g/mol. The van der Waals surface area contributed by atoms with Crippen molar-refractivity contribution < 1.29 is 9.59 Å². The Bertz CT molecular complexity index is 827. The molecule has 31 heavy (non-hydrogen) atoms. The molecule has 2 fully saturated rings. The third-order valence-corrected chi connectivity index (χ3v) is 6.82. The lowest BCUT2D eigenvalue weighted by atomic mass is 9.85. The van der Waals surface area contributed by atoms with Gasteiger partial charge in [0.1, 0.15) is 0 Å². The number of fused-ring (bicyclic) bond motifs is 5. The van der Waals surface area contributed by atoms with Gasteiger partial charge in [-0.3, -0.25) is 24.5 Å². The smallest absolute Gasteiger partial charge is 0.233 e. The van der Waals surface area contributed by atoms with Crippen LogP contribution in [0.15, 0.2) is 41.7 Å². The molecule has 5 atom stereocenters. The van der Waals surface area contributed by atoms with Crippen LogP contribution in [0.4, 0.5) is 0 Å². The Morgan fingerprint density at radius 3 is 2.42 bits per heavy atom. The number of nitrogens with one attached hydrogen (secondary N) is 2. The van der Waals surface area contributed by atoms with Gasteiger partial charge >= 0.3 is 0 Å². The Hall–Kier alpha value is -1.97. The summed E-state index contributed by atoms with van der Waals surface area (Å²) in [5, 5.41) is 6.62. The van der Waals surface area contributed by atoms with Crippen LogP contribution in [0.1, 0.15) is 31.7 Å². The molecule has 1 aromatic rings. The number of pyridine rings is 1. The SMILES string of the molecule is CN=C(NCCN1C(=O)C2C3C=CC(C3)C2C1=O)NCC(c1cccnc1)C(C)C.I. The highest BCUT2D eigenvalue weighted by Crippen LogP contribution is 2.52. The van der Waals surface area contributed by atoms with Crippen LogP contribution >= 0.6 is 24.0 Å². The number of halogens is 1. The maximum atomic E-state index is 12.8. The zero-order valence-corrected chi connectivity index (χ0v) is 20.7. The number of likely N-dealkylation sites (tertiary alicyclic amines) is 1. The lowest BCUT2D eigenvalue weighted by Gasteiger charge is -2.23. The monoisotopic (exact) mass is 537 g/mol. The second-order valence-electron chi connectivity index (χ2n) is 8.84. The van der Waals surface area contributed by atoms with Gasteiger partial charge in [0, 0.05) is 45.0 Å². The Labute approximate surface area is 201 Å². The minimum atomic E-state index is -0.129. The third-order valence-electron chi connectivity index (χ3n) is 6.82. The van der Waals surface area contributed by atoms with Gasteiger partial charge in [-0.1, -0.05) is 32.1 Å². The molecule has 2 aliphatic carbocycles. The number of rotatable bonds is 7. The van der Waals surface area contributed by atoms with E-state index < -0.39 is 0 Å². The molecule has 0 aromatic carbocycles. The van der Waals surface area contributed by atoms with Gasteiger partial charge in [0.15, 0.2) is 5.96 Å². The van der Waals surface area contributed by atoms with E-state index >= 15 is 0 Å². The molecule has 1 aromatic heterocycles. The molecule has 0 radical (unpaired) electrons. The minimum absolute atomic E-state index is 0. The Morgan fingerprint density at radius 1 is 1.19 bits per heavy atom. The van der Waals surface area contributed by atoms with E-state index in [9.17, 15) is 9.59 Å². The summed E-state index contributed by atoms with van der Waals surface area (Å²) in [5.74, 6) is 1.68. The van der Waals surface area contributed by atoms with E-state index in [1.165, 1.54) is 10.5 Å². The Kier molecular flexibility index (Phi) is 7.72. The largest absolute Gasteiger partial charge is 0.356 e. The first-order chi connectivity index (χ1) is 14.5. The fourth-order valence-electron chi connectivity index (χ4n) is 5.23. The van der Waals surface area contributed by atoms with Crippen molar-refractivity contribution in [1.29, 1.82) is 0 Å². The summed E-state index contributed by atoms with van der Waals surface area (Å²) in [4.78, 5) is 35.5. The minimum Gasteiger partial charge on any atom is -0.356 e. The van der Waals surface area contributed by atoms with Crippen LogP contribution in [0, 0.1) is 29.6 Å². The summed E-state index contributed by atoms with van der Waals surface area (Å²) in [6.07, 6.45) is 8.90. The van der Waals surface area contributed by atoms with Crippen molar-refractivity contribution in [3.8, 4) is 0 Å². The van der Waals surface area contributed by atoms with Crippen molar-refractivity contribution in [3.63, 3.8) is 0 Å². The summed E-state index contributed by atoms with van der Waals surface area (Å²) in [7, 11) is 1.73. The van der Waals surface area contributed by atoms with E-state index in [1.54, 1.807) is 13.2 Å². The number of imide groups is 1. The van der Waals surface area contributed by atoms with Crippen LogP contribution in [-0.2, 0) is 9.59 Å². The third kappa shape index (κ3) is 4.63. The molecule has 3 aliphatic rings. The van der Waals surface area contributed by atoms with Crippen LogP contribution in [0.2, 0.25) is 0 Å². The van der Waals surface area contributed by atoms with E-state index in [2.05, 4.69) is 52.7 Å². The number of carbonyl (C=O) groups excluding carboxylic acids is 2. The summed E-state index contributed by atoms with van der Waals surface area (Å²) in [6, 6.07) is 4.05. The standard InChI is InChI=1S/C23H31N5O2.HI/c1-14(2)18(17-5-4-8-25-12-17)13-27-23(24-3)26-9-10-28-21(29)19-15-6-7-16(11-15)20(19)22(28)30;/h4-8,12,14-16,18-20H,9-11,13H2,1-3H3,(H2,24,26,27);1H. The van der Waals surface area contributed by atoms with Crippen LogP contribution in [0.25, 0.3) is 0 Å². The molecular formula is C23H32IN5O2. The highest BCUT2D eigenvalue weighted by atomic mass is 127. The second-order valence-corrected chi connectivity index (χ2v) is 8.84. The first-order valence-corrected chi connectivity index (χ1v) is 10.9. The van der Waals surface area contributed by atoms with Gasteiger partial charge in [-0.2, -0.15) is 0 Å². The highest BCUT2D eigenvalue weighted by molar-refractivity contribution is 14.0. The van der Waals surface area contributed by atoms with E-state index in [0.29, 0.717) is 30.9 Å². The summed E-state index contributed by atoms with van der Waals surface area (Å²) in [5.41, 5.74) is 1.19. The number of aromatic nitrogens is 1. The molecule has 0 spiro atoms. The van der Waals surface area contributed by atoms with Crippen molar-refractivity contribution in [1.82, 2.24) is 20.5 Å². The molecule has 1 aliphatic heterocycles. The summed E-state index contributed by atoms with van der Waals surface area (Å²) >= 11 is 0. The normalized spacial score (nSPS) is 27.5. The molecule has 1 saturated carbocycles. The number of hydrogen-bond donors (Lipinski definition) is 2. The number of carbonyl (C=O) groups is 2. The van der Waals surface area contributed by atoms with Gasteiger partial charge in [0.2, 0.25) is 11.8 Å². The fraction of sp³-hybridized carbons (Fsp3) is 0.565. The quantitative estimate of drug-likeness (QED) is 0.184. The predicted octanol–water partition coefficient (Wildman–Crippen LogP) is 2.41. The average Bonchev–Trinajstić information content (AvgIpc) is 3.42. The molecule has 7 nitrogen and oxygen atoms in total. The van der Waals surface area contributed by atoms with Gasteiger partial charge in [-0.25, -0.2) is 0 Å². The zero-order valence-electron chi connectivity index (χ0n) is 18.3. The molecule has 168 valence electrons. The van der Waals surface area contributed by atoms with Crippen molar-refractivity contribution in [2.75, 3.05) is 26.7 Å². The topological polar surface area (TPSA) is 86.7 Å². The molecule has 4 rings (SSSR count). The lowest BCUT2D eigenvalue weighted by Crippen LogP contribution is -2.44. The summed E-state index contributed by atoms with van der Waals surface area (Å²) in [6.45, 7) is 5.97. The van der Waals surface area contributed by atoms with E-state index in [-0.39, 0.29) is 59.5 Å². The number of hydrogen-bond acceptors (Lipinski definition) is 4. The van der Waals surface area contributed by atoms with Crippen LogP contribution in [0.3, 0.4) is 0 Å².